The Morgan fingerprint density at radius 3 is 2.51 bits per heavy atom. The molecule has 4 aromatic rings. The van der Waals surface area contributed by atoms with Crippen molar-refractivity contribution in [1.82, 2.24) is 9.78 Å². The van der Waals surface area contributed by atoms with Crippen molar-refractivity contribution in [3.8, 4) is 17.6 Å². The first-order chi connectivity index (χ1) is 18.9. The summed E-state index contributed by atoms with van der Waals surface area (Å²) in [4.78, 5) is 29.2. The Balaban J connectivity index is 1.16. The van der Waals surface area contributed by atoms with Gasteiger partial charge in [-0.15, -0.1) is 5.10 Å². The standard InChI is InChI=1S/C31H26N4O4/c1-30-14-15-31(39-30,16-18-38-25-13-17-34(33-25)21-7-3-2-4-8-21)27-26(30)28(36)35(29(27)37)24-12-11-20(19-32)22-9-5-6-10-23(22)24/h2-13,17,26-27H,14-16,18H2,1H3/t26-,27+,30-,31-/m1/s1. The summed E-state index contributed by atoms with van der Waals surface area (Å²) in [5.41, 5.74) is 0.488. The van der Waals surface area contributed by atoms with Crippen molar-refractivity contribution in [1.29, 1.82) is 5.26 Å². The molecule has 2 bridgehead atoms. The van der Waals surface area contributed by atoms with E-state index in [-0.39, 0.29) is 11.8 Å². The molecule has 0 radical (unpaired) electrons. The van der Waals surface area contributed by atoms with Gasteiger partial charge in [0.2, 0.25) is 17.7 Å². The number of hydrogen-bond donors (Lipinski definition) is 0. The topological polar surface area (TPSA) is 97.4 Å². The Kier molecular flexibility index (Phi) is 5.16. The lowest BCUT2D eigenvalue weighted by Gasteiger charge is -2.31. The largest absolute Gasteiger partial charge is 0.476 e. The maximum atomic E-state index is 14.0. The molecule has 1 aromatic heterocycles. The van der Waals surface area contributed by atoms with Crippen LogP contribution in [-0.2, 0) is 14.3 Å². The van der Waals surface area contributed by atoms with Crippen LogP contribution in [0.2, 0.25) is 0 Å². The number of rotatable bonds is 6. The van der Waals surface area contributed by atoms with E-state index in [1.165, 1.54) is 4.90 Å². The molecule has 194 valence electrons. The second-order valence-corrected chi connectivity index (χ2v) is 10.8. The molecule has 4 heterocycles. The summed E-state index contributed by atoms with van der Waals surface area (Å²) >= 11 is 0. The summed E-state index contributed by atoms with van der Waals surface area (Å²) in [5, 5.41) is 15.5. The minimum absolute atomic E-state index is 0.230. The number of amides is 2. The number of imide groups is 1. The first kappa shape index (κ1) is 23.6. The second kappa shape index (κ2) is 8.52. The predicted molar refractivity (Wildman–Crippen MR) is 143 cm³/mol. The average Bonchev–Trinajstić information content (AvgIpc) is 3.69. The van der Waals surface area contributed by atoms with Gasteiger partial charge >= 0.3 is 0 Å². The Hall–Kier alpha value is -4.48. The molecular weight excluding hydrogens is 492 g/mol. The van der Waals surface area contributed by atoms with Gasteiger partial charge in [0.1, 0.15) is 0 Å². The molecule has 0 unspecified atom stereocenters. The summed E-state index contributed by atoms with van der Waals surface area (Å²) in [6.45, 7) is 2.26. The third-order valence-electron chi connectivity index (χ3n) is 8.63. The van der Waals surface area contributed by atoms with Crippen LogP contribution in [0.3, 0.4) is 0 Å². The predicted octanol–water partition coefficient (Wildman–Crippen LogP) is 4.79. The van der Waals surface area contributed by atoms with Crippen LogP contribution in [0.25, 0.3) is 16.5 Å². The molecule has 0 N–H and O–H groups in total. The minimum atomic E-state index is -0.773. The molecule has 0 aliphatic carbocycles. The van der Waals surface area contributed by atoms with Crippen molar-refractivity contribution in [2.45, 2.75) is 37.4 Å². The van der Waals surface area contributed by atoms with Crippen LogP contribution in [0.4, 0.5) is 5.69 Å². The highest BCUT2D eigenvalue weighted by Crippen LogP contribution is 2.62. The third kappa shape index (κ3) is 3.43. The fourth-order valence-electron chi connectivity index (χ4n) is 6.86. The number of carbonyl (C=O) groups excluding carboxylic acids is 2. The van der Waals surface area contributed by atoms with E-state index in [9.17, 15) is 14.9 Å². The average molecular weight is 519 g/mol. The first-order valence-corrected chi connectivity index (χ1v) is 13.2. The molecule has 3 saturated heterocycles. The molecule has 0 spiro atoms. The molecular formula is C31H26N4O4. The summed E-state index contributed by atoms with van der Waals surface area (Å²) in [7, 11) is 0. The quantitative estimate of drug-likeness (QED) is 0.341. The Morgan fingerprint density at radius 1 is 0.974 bits per heavy atom. The van der Waals surface area contributed by atoms with Gasteiger partial charge in [-0.1, -0.05) is 42.5 Å². The molecule has 3 fully saturated rings. The number of nitriles is 1. The number of carbonyl (C=O) groups is 2. The van der Waals surface area contributed by atoms with Crippen LogP contribution < -0.4 is 9.64 Å². The zero-order valence-electron chi connectivity index (χ0n) is 21.4. The molecule has 0 saturated carbocycles. The number of nitrogens with zero attached hydrogens (tertiary/aromatic N) is 4. The highest BCUT2D eigenvalue weighted by atomic mass is 16.5. The maximum Gasteiger partial charge on any atom is 0.240 e. The zero-order valence-corrected chi connectivity index (χ0v) is 21.4. The number of hydrogen-bond acceptors (Lipinski definition) is 6. The molecule has 3 aliphatic heterocycles. The highest BCUT2D eigenvalue weighted by molar-refractivity contribution is 6.26. The van der Waals surface area contributed by atoms with E-state index in [0.29, 0.717) is 48.4 Å². The number of aromatic nitrogens is 2. The van der Waals surface area contributed by atoms with Gasteiger partial charge in [0, 0.05) is 29.5 Å². The van der Waals surface area contributed by atoms with Crippen molar-refractivity contribution in [3.05, 3.63) is 84.6 Å². The minimum Gasteiger partial charge on any atom is -0.476 e. The lowest BCUT2D eigenvalue weighted by atomic mass is 9.67. The van der Waals surface area contributed by atoms with E-state index in [2.05, 4.69) is 11.2 Å². The summed E-state index contributed by atoms with van der Waals surface area (Å²) < 4.78 is 14.3. The van der Waals surface area contributed by atoms with E-state index in [1.54, 1.807) is 16.8 Å². The lowest BCUT2D eigenvalue weighted by Crippen LogP contribution is -2.43. The molecule has 3 aliphatic rings. The number of benzene rings is 3. The van der Waals surface area contributed by atoms with Crippen molar-refractivity contribution >= 4 is 28.3 Å². The van der Waals surface area contributed by atoms with Crippen LogP contribution in [-0.4, -0.2) is 39.4 Å². The molecule has 3 aromatic carbocycles. The SMILES string of the molecule is C[C@]12CC[C@](CCOc3ccn(-c4ccccc4)n3)(O1)[C@@H]1C(=O)N(c3ccc(C#N)c4ccccc34)C(=O)[C@@H]12. The van der Waals surface area contributed by atoms with Gasteiger partial charge in [-0.3, -0.25) is 9.59 Å². The fraction of sp³-hybridized carbons (Fsp3) is 0.290. The van der Waals surface area contributed by atoms with E-state index >= 15 is 0 Å². The molecule has 8 nitrogen and oxygen atoms in total. The number of fused-ring (bicyclic) bond motifs is 6. The second-order valence-electron chi connectivity index (χ2n) is 10.8. The normalized spacial score (nSPS) is 27.2. The Labute approximate surface area is 225 Å². The van der Waals surface area contributed by atoms with Crippen molar-refractivity contribution < 1.29 is 19.1 Å². The first-order valence-electron chi connectivity index (χ1n) is 13.2. The number of ether oxygens (including phenoxy) is 2. The van der Waals surface area contributed by atoms with E-state index in [4.69, 9.17) is 9.47 Å². The monoisotopic (exact) mass is 518 g/mol. The van der Waals surface area contributed by atoms with Crippen LogP contribution in [0.1, 0.15) is 31.7 Å². The summed E-state index contributed by atoms with van der Waals surface area (Å²) in [5.74, 6) is -1.11. The highest BCUT2D eigenvalue weighted by Gasteiger charge is 2.73. The van der Waals surface area contributed by atoms with Crippen molar-refractivity contribution in [2.24, 2.45) is 11.8 Å². The number of anilines is 1. The number of para-hydroxylation sites is 1. The van der Waals surface area contributed by atoms with Gasteiger partial charge in [0.15, 0.2) is 0 Å². The van der Waals surface area contributed by atoms with Gasteiger partial charge in [0.25, 0.3) is 0 Å². The van der Waals surface area contributed by atoms with Crippen LogP contribution in [0.5, 0.6) is 5.88 Å². The van der Waals surface area contributed by atoms with Crippen molar-refractivity contribution in [2.75, 3.05) is 11.5 Å². The summed E-state index contributed by atoms with van der Waals surface area (Å²) in [6, 6.07) is 24.6. The zero-order chi connectivity index (χ0) is 26.8. The van der Waals surface area contributed by atoms with E-state index in [1.807, 2.05) is 73.8 Å². The Morgan fingerprint density at radius 2 is 1.72 bits per heavy atom. The van der Waals surface area contributed by atoms with Gasteiger partial charge in [0.05, 0.1) is 52.7 Å². The maximum absolute atomic E-state index is 14.0. The van der Waals surface area contributed by atoms with Crippen LogP contribution in [0, 0.1) is 23.2 Å². The van der Waals surface area contributed by atoms with Crippen molar-refractivity contribution in [3.63, 3.8) is 0 Å². The Bertz CT molecular complexity index is 1670. The van der Waals surface area contributed by atoms with Crippen LogP contribution >= 0.6 is 0 Å². The third-order valence-corrected chi connectivity index (χ3v) is 8.63. The molecule has 2 amide bonds. The molecule has 8 heteroatoms. The van der Waals surface area contributed by atoms with Gasteiger partial charge in [-0.2, -0.15) is 5.26 Å². The van der Waals surface area contributed by atoms with Crippen LogP contribution in [0.15, 0.2) is 79.0 Å². The smallest absolute Gasteiger partial charge is 0.240 e. The van der Waals surface area contributed by atoms with Gasteiger partial charge in [-0.05, 0) is 44.0 Å². The fourth-order valence-corrected chi connectivity index (χ4v) is 6.86. The molecule has 39 heavy (non-hydrogen) atoms. The van der Waals surface area contributed by atoms with Gasteiger partial charge < -0.3 is 9.47 Å². The van der Waals surface area contributed by atoms with E-state index in [0.717, 1.165) is 11.1 Å². The molecule has 4 atom stereocenters. The summed E-state index contributed by atoms with van der Waals surface area (Å²) in [6.07, 6.45) is 3.71. The van der Waals surface area contributed by atoms with Gasteiger partial charge in [-0.25, -0.2) is 9.58 Å². The van der Waals surface area contributed by atoms with E-state index < -0.39 is 23.0 Å². The molecule has 7 rings (SSSR count). The lowest BCUT2D eigenvalue weighted by molar-refractivity contribution is -0.131.